The van der Waals surface area contributed by atoms with Gasteiger partial charge >= 0.3 is 5.97 Å². The number of hydrogen-bond donors (Lipinski definition) is 2. The van der Waals surface area contributed by atoms with E-state index in [1.165, 1.54) is 13.8 Å². The number of aldehydes is 1. The largest absolute Gasteiger partial charge is 0.457 e. The van der Waals surface area contributed by atoms with Gasteiger partial charge in [-0.2, -0.15) is 0 Å². The lowest BCUT2D eigenvalue weighted by atomic mass is 9.86. The van der Waals surface area contributed by atoms with Gasteiger partial charge in [-0.3, -0.25) is 9.59 Å². The molecule has 0 aromatic rings. The summed E-state index contributed by atoms with van der Waals surface area (Å²) < 4.78 is 4.48. The number of rotatable bonds is 5. The molecule has 0 spiro atoms. The molecule has 0 saturated heterocycles. The van der Waals surface area contributed by atoms with Crippen LogP contribution in [0.1, 0.15) is 13.8 Å². The summed E-state index contributed by atoms with van der Waals surface area (Å²) in [6.45, 7) is 1.85. The SMILES string of the molecule is CC(O)C(C)(CO)C(=O)OCC=O. The molecule has 0 aliphatic rings. The first kappa shape index (κ1) is 12.1. The van der Waals surface area contributed by atoms with E-state index in [1.54, 1.807) is 0 Å². The van der Waals surface area contributed by atoms with Crippen LogP contribution in [0.3, 0.4) is 0 Å². The molecule has 13 heavy (non-hydrogen) atoms. The normalized spacial score (nSPS) is 17.2. The van der Waals surface area contributed by atoms with Gasteiger partial charge in [0.15, 0.2) is 6.29 Å². The minimum absolute atomic E-state index is 0.360. The van der Waals surface area contributed by atoms with Crippen LogP contribution in [0.25, 0.3) is 0 Å². The Kier molecular flexibility index (Phi) is 4.58. The van der Waals surface area contributed by atoms with E-state index >= 15 is 0 Å². The summed E-state index contributed by atoms with van der Waals surface area (Å²) >= 11 is 0. The molecule has 0 fully saturated rings. The molecule has 0 aliphatic carbocycles. The van der Waals surface area contributed by atoms with Gasteiger partial charge in [0.2, 0.25) is 0 Å². The number of ether oxygens (including phenoxy) is 1. The molecule has 0 aromatic heterocycles. The van der Waals surface area contributed by atoms with E-state index in [0.717, 1.165) is 0 Å². The Morgan fingerprint density at radius 1 is 1.69 bits per heavy atom. The Morgan fingerprint density at radius 3 is 2.54 bits per heavy atom. The zero-order chi connectivity index (χ0) is 10.5. The highest BCUT2D eigenvalue weighted by Gasteiger charge is 2.39. The summed E-state index contributed by atoms with van der Waals surface area (Å²) in [5, 5.41) is 18.1. The van der Waals surface area contributed by atoms with E-state index in [4.69, 9.17) is 5.11 Å². The van der Waals surface area contributed by atoms with Crippen LogP contribution in [0.2, 0.25) is 0 Å². The predicted molar refractivity (Wildman–Crippen MR) is 43.9 cm³/mol. The number of hydrogen-bond acceptors (Lipinski definition) is 5. The van der Waals surface area contributed by atoms with Crippen LogP contribution in [0, 0.1) is 5.41 Å². The molecule has 0 saturated carbocycles. The van der Waals surface area contributed by atoms with Gasteiger partial charge in [-0.25, -0.2) is 0 Å². The third kappa shape index (κ3) is 2.78. The van der Waals surface area contributed by atoms with Crippen molar-refractivity contribution < 1.29 is 24.5 Å². The van der Waals surface area contributed by atoms with Crippen molar-refractivity contribution in [1.29, 1.82) is 0 Å². The Balaban J connectivity index is 4.38. The van der Waals surface area contributed by atoms with Crippen molar-refractivity contribution in [2.75, 3.05) is 13.2 Å². The second-order valence-electron chi connectivity index (χ2n) is 3.02. The van der Waals surface area contributed by atoms with Gasteiger partial charge in [0.25, 0.3) is 0 Å². The summed E-state index contributed by atoms with van der Waals surface area (Å²) in [6.07, 6.45) is -0.603. The van der Waals surface area contributed by atoms with Gasteiger partial charge in [0.05, 0.1) is 12.7 Å². The van der Waals surface area contributed by atoms with E-state index in [-0.39, 0.29) is 6.61 Å². The van der Waals surface area contributed by atoms with Crippen LogP contribution >= 0.6 is 0 Å². The second kappa shape index (κ2) is 4.94. The van der Waals surface area contributed by atoms with Gasteiger partial charge in [0, 0.05) is 0 Å². The van der Waals surface area contributed by atoms with Crippen molar-refractivity contribution in [3.05, 3.63) is 0 Å². The second-order valence-corrected chi connectivity index (χ2v) is 3.02. The Morgan fingerprint density at radius 2 is 2.23 bits per heavy atom. The lowest BCUT2D eigenvalue weighted by molar-refractivity contribution is -0.165. The molecule has 0 rings (SSSR count). The maximum Gasteiger partial charge on any atom is 0.317 e. The van der Waals surface area contributed by atoms with Crippen molar-refractivity contribution in [1.82, 2.24) is 0 Å². The maximum absolute atomic E-state index is 11.2. The molecule has 0 aliphatic heterocycles. The van der Waals surface area contributed by atoms with Crippen molar-refractivity contribution in [2.45, 2.75) is 20.0 Å². The van der Waals surface area contributed by atoms with Crippen LogP contribution in [0.15, 0.2) is 0 Å². The zero-order valence-electron chi connectivity index (χ0n) is 7.69. The highest BCUT2D eigenvalue weighted by Crippen LogP contribution is 2.22. The number of carbonyl (C=O) groups is 2. The molecule has 0 amide bonds. The van der Waals surface area contributed by atoms with Crippen molar-refractivity contribution in [3.8, 4) is 0 Å². The fourth-order valence-electron chi connectivity index (χ4n) is 0.642. The fourth-order valence-corrected chi connectivity index (χ4v) is 0.642. The average molecular weight is 190 g/mol. The lowest BCUT2D eigenvalue weighted by Gasteiger charge is -2.27. The summed E-state index contributed by atoms with van der Waals surface area (Å²) in [4.78, 5) is 21.1. The van der Waals surface area contributed by atoms with Gasteiger partial charge < -0.3 is 14.9 Å². The van der Waals surface area contributed by atoms with E-state index in [2.05, 4.69) is 4.74 Å². The number of carbonyl (C=O) groups excluding carboxylic acids is 2. The van der Waals surface area contributed by atoms with Gasteiger partial charge in [-0.1, -0.05) is 0 Å². The predicted octanol–water partition coefficient (Wildman–Crippen LogP) is -0.892. The van der Waals surface area contributed by atoms with Crippen LogP contribution in [0.4, 0.5) is 0 Å². The smallest absolute Gasteiger partial charge is 0.317 e. The summed E-state index contributed by atoms with van der Waals surface area (Å²) in [6, 6.07) is 0. The van der Waals surface area contributed by atoms with Crippen LogP contribution < -0.4 is 0 Å². The van der Waals surface area contributed by atoms with Crippen LogP contribution in [0.5, 0.6) is 0 Å². The van der Waals surface area contributed by atoms with Gasteiger partial charge in [-0.05, 0) is 13.8 Å². The molecule has 2 atom stereocenters. The van der Waals surface area contributed by atoms with E-state index < -0.39 is 24.1 Å². The molecule has 0 bridgehead atoms. The molecule has 0 aromatic carbocycles. The molecule has 76 valence electrons. The van der Waals surface area contributed by atoms with Crippen molar-refractivity contribution in [3.63, 3.8) is 0 Å². The monoisotopic (exact) mass is 190 g/mol. The van der Waals surface area contributed by atoms with Gasteiger partial charge in [-0.15, -0.1) is 0 Å². The number of aliphatic hydroxyl groups is 2. The average Bonchev–Trinajstić information content (AvgIpc) is 2.12. The van der Waals surface area contributed by atoms with Gasteiger partial charge in [0.1, 0.15) is 12.0 Å². The Labute approximate surface area is 76.3 Å². The third-order valence-electron chi connectivity index (χ3n) is 2.00. The first-order valence-electron chi connectivity index (χ1n) is 3.88. The highest BCUT2D eigenvalue weighted by atomic mass is 16.5. The van der Waals surface area contributed by atoms with E-state index in [0.29, 0.717) is 6.29 Å². The standard InChI is InChI=1S/C8H14O5/c1-6(11)8(2,5-10)7(12)13-4-3-9/h3,6,10-11H,4-5H2,1-2H3. The molecule has 5 heteroatoms. The minimum atomic E-state index is -1.36. The van der Waals surface area contributed by atoms with Crippen molar-refractivity contribution >= 4 is 12.3 Å². The molecule has 0 radical (unpaired) electrons. The molecular formula is C8H14O5. The molecule has 5 nitrogen and oxygen atoms in total. The zero-order valence-corrected chi connectivity index (χ0v) is 7.69. The van der Waals surface area contributed by atoms with Crippen molar-refractivity contribution in [2.24, 2.45) is 5.41 Å². The lowest BCUT2D eigenvalue weighted by Crippen LogP contribution is -2.42. The van der Waals surface area contributed by atoms with E-state index in [9.17, 15) is 14.7 Å². The van der Waals surface area contributed by atoms with Crippen LogP contribution in [-0.2, 0) is 14.3 Å². The number of esters is 1. The highest BCUT2D eigenvalue weighted by molar-refractivity contribution is 5.78. The van der Waals surface area contributed by atoms with E-state index in [1.807, 2.05) is 0 Å². The fraction of sp³-hybridized carbons (Fsp3) is 0.750. The molecule has 2 unspecified atom stereocenters. The third-order valence-corrected chi connectivity index (χ3v) is 2.00. The summed E-state index contributed by atoms with van der Waals surface area (Å²) in [5.74, 6) is -0.780. The first-order valence-corrected chi connectivity index (χ1v) is 3.88. The maximum atomic E-state index is 11.2. The minimum Gasteiger partial charge on any atom is -0.457 e. The Hall–Kier alpha value is -0.940. The molecule has 2 N–H and O–H groups in total. The number of aliphatic hydroxyl groups excluding tert-OH is 2. The Bertz CT molecular complexity index is 189. The quantitative estimate of drug-likeness (QED) is 0.434. The van der Waals surface area contributed by atoms with Crippen LogP contribution in [-0.4, -0.2) is 41.8 Å². The topological polar surface area (TPSA) is 83.8 Å². The molecular weight excluding hydrogens is 176 g/mol. The summed E-state index contributed by atoms with van der Waals surface area (Å²) in [7, 11) is 0. The summed E-state index contributed by atoms with van der Waals surface area (Å²) in [5.41, 5.74) is -1.36. The first-order chi connectivity index (χ1) is 5.99. The molecule has 0 heterocycles.